The Morgan fingerprint density at radius 1 is 1.00 bits per heavy atom. The Bertz CT molecular complexity index is 355. The van der Waals surface area contributed by atoms with Gasteiger partial charge in [0.2, 0.25) is 5.91 Å². The van der Waals surface area contributed by atoms with Gasteiger partial charge in [-0.3, -0.25) is 9.69 Å². The lowest BCUT2D eigenvalue weighted by molar-refractivity contribution is -0.124. The molecule has 0 aromatic carbocycles. The first-order valence-corrected chi connectivity index (χ1v) is 8.95. The smallest absolute Gasteiger partial charge is 0.234 e. The minimum Gasteiger partial charge on any atom is -0.393 e. The molecule has 3 atom stereocenters. The van der Waals surface area contributed by atoms with E-state index in [4.69, 9.17) is 0 Å². The Labute approximate surface area is 128 Å². The van der Waals surface area contributed by atoms with Crippen molar-refractivity contribution in [2.45, 2.75) is 82.4 Å². The van der Waals surface area contributed by atoms with Crippen LogP contribution in [0.5, 0.6) is 0 Å². The van der Waals surface area contributed by atoms with E-state index >= 15 is 0 Å². The van der Waals surface area contributed by atoms with E-state index in [0.717, 1.165) is 45.1 Å². The Kier molecular flexibility index (Phi) is 5.17. The molecule has 0 aromatic heterocycles. The van der Waals surface area contributed by atoms with Crippen LogP contribution in [0, 0.1) is 5.92 Å². The van der Waals surface area contributed by atoms with Gasteiger partial charge in [-0.1, -0.05) is 25.7 Å². The van der Waals surface area contributed by atoms with Crippen LogP contribution >= 0.6 is 0 Å². The maximum Gasteiger partial charge on any atom is 0.234 e. The zero-order chi connectivity index (χ0) is 14.7. The fraction of sp³-hybridized carbons (Fsp3) is 0.941. The molecule has 2 aliphatic carbocycles. The van der Waals surface area contributed by atoms with Crippen LogP contribution in [0.3, 0.4) is 0 Å². The van der Waals surface area contributed by atoms with Gasteiger partial charge in [-0.25, -0.2) is 0 Å². The fourth-order valence-electron chi connectivity index (χ4n) is 4.64. The van der Waals surface area contributed by atoms with Crippen LogP contribution in [0.15, 0.2) is 0 Å². The number of nitrogens with zero attached hydrogens (tertiary/aromatic N) is 1. The van der Waals surface area contributed by atoms with Crippen molar-refractivity contribution >= 4 is 5.91 Å². The second-order valence-electron chi connectivity index (χ2n) is 7.24. The first-order valence-electron chi connectivity index (χ1n) is 8.95. The van der Waals surface area contributed by atoms with Crippen molar-refractivity contribution in [3.05, 3.63) is 0 Å². The van der Waals surface area contributed by atoms with Crippen molar-refractivity contribution in [1.82, 2.24) is 10.2 Å². The summed E-state index contributed by atoms with van der Waals surface area (Å²) in [6, 6.07) is 0.836. The minimum atomic E-state index is -0.145. The monoisotopic (exact) mass is 294 g/mol. The van der Waals surface area contributed by atoms with Gasteiger partial charge in [-0.2, -0.15) is 0 Å². The number of nitrogens with one attached hydrogen (secondary N) is 1. The lowest BCUT2D eigenvalue weighted by atomic mass is 9.87. The quantitative estimate of drug-likeness (QED) is 0.834. The number of hydrogen-bond acceptors (Lipinski definition) is 3. The van der Waals surface area contributed by atoms with Crippen LogP contribution in [-0.2, 0) is 4.79 Å². The van der Waals surface area contributed by atoms with Crippen molar-refractivity contribution in [1.29, 1.82) is 0 Å². The van der Waals surface area contributed by atoms with Crippen LogP contribution in [0.25, 0.3) is 0 Å². The molecular weight excluding hydrogens is 264 g/mol. The topological polar surface area (TPSA) is 52.6 Å². The van der Waals surface area contributed by atoms with Gasteiger partial charge in [0.1, 0.15) is 0 Å². The number of hydrogen-bond donors (Lipinski definition) is 2. The van der Waals surface area contributed by atoms with E-state index in [-0.39, 0.29) is 12.0 Å². The third-order valence-corrected chi connectivity index (χ3v) is 5.76. The SMILES string of the molecule is O=C(CN1CCCCC1C1CCCC1O)NC1CCCC1. The number of carbonyl (C=O) groups is 1. The van der Waals surface area contributed by atoms with E-state index in [1.807, 2.05) is 0 Å². The molecule has 0 radical (unpaired) electrons. The highest BCUT2D eigenvalue weighted by Crippen LogP contribution is 2.35. The summed E-state index contributed by atoms with van der Waals surface area (Å²) in [6.07, 6.45) is 11.5. The normalized spacial score (nSPS) is 35.2. The molecular formula is C17H30N2O2. The number of likely N-dealkylation sites (tertiary alicyclic amines) is 1. The molecule has 3 fully saturated rings. The van der Waals surface area contributed by atoms with Crippen LogP contribution in [0.4, 0.5) is 0 Å². The predicted molar refractivity (Wildman–Crippen MR) is 83.0 cm³/mol. The Hall–Kier alpha value is -0.610. The molecule has 2 saturated carbocycles. The van der Waals surface area contributed by atoms with Crippen LogP contribution in [0.1, 0.15) is 64.2 Å². The molecule has 0 aromatic rings. The largest absolute Gasteiger partial charge is 0.393 e. The molecule has 0 bridgehead atoms. The zero-order valence-corrected chi connectivity index (χ0v) is 13.1. The van der Waals surface area contributed by atoms with Gasteiger partial charge in [-0.05, 0) is 45.1 Å². The molecule has 4 nitrogen and oxygen atoms in total. The summed E-state index contributed by atoms with van der Waals surface area (Å²) in [5.41, 5.74) is 0. The van der Waals surface area contributed by atoms with Gasteiger partial charge in [0, 0.05) is 18.0 Å². The van der Waals surface area contributed by atoms with E-state index in [1.54, 1.807) is 0 Å². The van der Waals surface area contributed by atoms with Crippen molar-refractivity contribution < 1.29 is 9.90 Å². The molecule has 120 valence electrons. The molecule has 21 heavy (non-hydrogen) atoms. The number of amides is 1. The minimum absolute atomic E-state index is 0.145. The molecule has 2 N–H and O–H groups in total. The molecule has 1 saturated heterocycles. The van der Waals surface area contributed by atoms with E-state index in [9.17, 15) is 9.90 Å². The second-order valence-corrected chi connectivity index (χ2v) is 7.24. The molecule has 1 heterocycles. The lowest BCUT2D eigenvalue weighted by Crippen LogP contribution is -2.51. The molecule has 4 heteroatoms. The van der Waals surface area contributed by atoms with Crippen LogP contribution < -0.4 is 5.32 Å². The summed E-state index contributed by atoms with van der Waals surface area (Å²) in [5.74, 6) is 0.589. The first-order chi connectivity index (χ1) is 10.2. The number of rotatable bonds is 4. The van der Waals surface area contributed by atoms with Gasteiger partial charge in [0.15, 0.2) is 0 Å². The van der Waals surface area contributed by atoms with Crippen LogP contribution in [-0.4, -0.2) is 47.2 Å². The molecule has 1 amide bonds. The summed E-state index contributed by atoms with van der Waals surface area (Å²) in [4.78, 5) is 14.6. The predicted octanol–water partition coefficient (Wildman–Crippen LogP) is 2.06. The van der Waals surface area contributed by atoms with E-state index in [0.29, 0.717) is 24.5 Å². The number of carbonyl (C=O) groups excluding carboxylic acids is 1. The zero-order valence-electron chi connectivity index (χ0n) is 13.1. The van der Waals surface area contributed by atoms with E-state index in [2.05, 4.69) is 10.2 Å². The van der Waals surface area contributed by atoms with Crippen molar-refractivity contribution in [3.8, 4) is 0 Å². The van der Waals surface area contributed by atoms with Crippen molar-refractivity contribution in [3.63, 3.8) is 0 Å². The molecule has 3 rings (SSSR count). The summed E-state index contributed by atoms with van der Waals surface area (Å²) in [7, 11) is 0. The average Bonchev–Trinajstić information content (AvgIpc) is 3.11. The Morgan fingerprint density at radius 2 is 1.76 bits per heavy atom. The highest BCUT2D eigenvalue weighted by atomic mass is 16.3. The van der Waals surface area contributed by atoms with Crippen molar-refractivity contribution in [2.24, 2.45) is 5.92 Å². The third kappa shape index (κ3) is 3.78. The summed E-state index contributed by atoms with van der Waals surface area (Å²) in [6.45, 7) is 1.55. The molecule has 1 aliphatic heterocycles. The highest BCUT2D eigenvalue weighted by molar-refractivity contribution is 5.78. The summed E-state index contributed by atoms with van der Waals surface area (Å²) >= 11 is 0. The summed E-state index contributed by atoms with van der Waals surface area (Å²) < 4.78 is 0. The van der Waals surface area contributed by atoms with Crippen LogP contribution in [0.2, 0.25) is 0 Å². The van der Waals surface area contributed by atoms with E-state index < -0.39 is 0 Å². The molecule has 3 aliphatic rings. The molecule has 0 spiro atoms. The van der Waals surface area contributed by atoms with Gasteiger partial charge in [0.05, 0.1) is 12.6 Å². The van der Waals surface area contributed by atoms with Gasteiger partial charge in [-0.15, -0.1) is 0 Å². The number of aliphatic hydroxyl groups is 1. The Balaban J connectivity index is 1.54. The summed E-state index contributed by atoms with van der Waals surface area (Å²) in [5, 5.41) is 13.4. The molecule has 3 unspecified atom stereocenters. The highest BCUT2D eigenvalue weighted by Gasteiger charge is 2.37. The first kappa shape index (κ1) is 15.3. The standard InChI is InChI=1S/C17H30N2O2/c20-16-10-5-8-14(16)15-9-3-4-11-19(15)12-17(21)18-13-6-1-2-7-13/h13-16,20H,1-12H2,(H,18,21). The van der Waals surface area contributed by atoms with E-state index in [1.165, 1.54) is 25.7 Å². The third-order valence-electron chi connectivity index (χ3n) is 5.76. The van der Waals surface area contributed by atoms with Crippen molar-refractivity contribution in [2.75, 3.05) is 13.1 Å². The average molecular weight is 294 g/mol. The Morgan fingerprint density at radius 3 is 2.48 bits per heavy atom. The van der Waals surface area contributed by atoms with Gasteiger partial charge >= 0.3 is 0 Å². The number of piperidine rings is 1. The maximum atomic E-state index is 12.3. The maximum absolute atomic E-state index is 12.3. The second kappa shape index (κ2) is 7.10. The lowest BCUT2D eigenvalue weighted by Gasteiger charge is -2.40. The fourth-order valence-corrected chi connectivity index (χ4v) is 4.64. The van der Waals surface area contributed by atoms with Gasteiger partial charge < -0.3 is 10.4 Å². The van der Waals surface area contributed by atoms with Gasteiger partial charge in [0.25, 0.3) is 0 Å². The number of aliphatic hydroxyl groups excluding tert-OH is 1.